The van der Waals surface area contributed by atoms with Crippen LogP contribution in [0.2, 0.25) is 0 Å². The summed E-state index contributed by atoms with van der Waals surface area (Å²) in [6, 6.07) is 2.85. The van der Waals surface area contributed by atoms with Crippen molar-refractivity contribution in [2.45, 2.75) is 6.92 Å². The topological polar surface area (TPSA) is 61.6 Å². The Balaban J connectivity index is 3.15. The summed E-state index contributed by atoms with van der Waals surface area (Å²) in [5.41, 5.74) is 5.47. The summed E-state index contributed by atoms with van der Waals surface area (Å²) in [6.45, 7) is 1.72. The predicted octanol–water partition coefficient (Wildman–Crippen LogP) is 1.60. The summed E-state index contributed by atoms with van der Waals surface area (Å²) in [7, 11) is 1.33. The van der Waals surface area contributed by atoms with Gasteiger partial charge >= 0.3 is 6.09 Å². The van der Waals surface area contributed by atoms with Gasteiger partial charge in [0.15, 0.2) is 11.5 Å². The molecule has 1 rings (SSSR count). The number of rotatable bonds is 2. The zero-order valence-corrected chi connectivity index (χ0v) is 7.83. The second-order valence-corrected chi connectivity index (χ2v) is 2.70. The van der Waals surface area contributed by atoms with Gasteiger partial charge in [0, 0.05) is 0 Å². The zero-order chi connectivity index (χ0) is 10.7. The van der Waals surface area contributed by atoms with Gasteiger partial charge in [-0.25, -0.2) is 4.79 Å². The van der Waals surface area contributed by atoms with E-state index in [1.165, 1.54) is 19.2 Å². The highest BCUT2D eigenvalue weighted by Gasteiger charge is 2.12. The third-order valence-electron chi connectivity index (χ3n) is 1.58. The highest BCUT2D eigenvalue weighted by Crippen LogP contribution is 2.28. The average Bonchev–Trinajstić information content (AvgIpc) is 2.09. The van der Waals surface area contributed by atoms with Gasteiger partial charge in [0.25, 0.3) is 0 Å². The standard InChI is InChI=1S/C9H10FNO3/c1-5-3-6(13-2)8(10)7(4-5)14-9(11)12/h3-4H,1-2H3,(H2,11,12). The molecule has 1 amide bonds. The van der Waals surface area contributed by atoms with E-state index < -0.39 is 11.9 Å². The molecule has 0 unspecified atom stereocenters. The quantitative estimate of drug-likeness (QED) is 0.786. The minimum atomic E-state index is -1.06. The smallest absolute Gasteiger partial charge is 0.410 e. The van der Waals surface area contributed by atoms with E-state index in [0.29, 0.717) is 5.56 Å². The monoisotopic (exact) mass is 199 g/mol. The van der Waals surface area contributed by atoms with Crippen LogP contribution in [0, 0.1) is 12.7 Å². The second-order valence-electron chi connectivity index (χ2n) is 2.70. The molecule has 0 aromatic heterocycles. The molecule has 2 N–H and O–H groups in total. The van der Waals surface area contributed by atoms with Gasteiger partial charge in [-0.2, -0.15) is 4.39 Å². The number of ether oxygens (including phenoxy) is 2. The van der Waals surface area contributed by atoms with Crippen LogP contribution >= 0.6 is 0 Å². The number of hydrogen-bond donors (Lipinski definition) is 1. The largest absolute Gasteiger partial charge is 0.494 e. The molecule has 1 aromatic rings. The maximum Gasteiger partial charge on any atom is 0.410 e. The van der Waals surface area contributed by atoms with Crippen LogP contribution in [0.5, 0.6) is 11.5 Å². The summed E-state index contributed by atoms with van der Waals surface area (Å²) in [5.74, 6) is -0.951. The second kappa shape index (κ2) is 3.95. The van der Waals surface area contributed by atoms with Crippen molar-refractivity contribution in [3.63, 3.8) is 0 Å². The van der Waals surface area contributed by atoms with E-state index in [0.717, 1.165) is 0 Å². The molecule has 0 aliphatic heterocycles. The Kier molecular flexibility index (Phi) is 2.91. The molecule has 0 bridgehead atoms. The van der Waals surface area contributed by atoms with E-state index in [9.17, 15) is 9.18 Å². The number of aryl methyl sites for hydroxylation is 1. The number of amides is 1. The molecule has 0 heterocycles. The van der Waals surface area contributed by atoms with Crippen LogP contribution in [0.4, 0.5) is 9.18 Å². The number of methoxy groups -OCH3 is 1. The molecular formula is C9H10FNO3. The Bertz CT molecular complexity index is 365. The Labute approximate surface area is 80.4 Å². The lowest BCUT2D eigenvalue weighted by Gasteiger charge is -2.07. The molecule has 0 saturated heterocycles. The van der Waals surface area contributed by atoms with E-state index in [1.54, 1.807) is 6.92 Å². The van der Waals surface area contributed by atoms with Crippen LogP contribution in [0.15, 0.2) is 12.1 Å². The number of benzene rings is 1. The maximum absolute atomic E-state index is 13.4. The van der Waals surface area contributed by atoms with Gasteiger partial charge in [-0.3, -0.25) is 0 Å². The van der Waals surface area contributed by atoms with E-state index in [4.69, 9.17) is 10.5 Å². The number of hydrogen-bond acceptors (Lipinski definition) is 3. The van der Waals surface area contributed by atoms with E-state index in [1.807, 2.05) is 0 Å². The number of halogens is 1. The van der Waals surface area contributed by atoms with Gasteiger partial charge in [-0.05, 0) is 24.6 Å². The van der Waals surface area contributed by atoms with Crippen LogP contribution in [0.3, 0.4) is 0 Å². The van der Waals surface area contributed by atoms with E-state index >= 15 is 0 Å². The fourth-order valence-electron chi connectivity index (χ4n) is 1.03. The summed E-state index contributed by atoms with van der Waals surface area (Å²) in [4.78, 5) is 10.4. The van der Waals surface area contributed by atoms with Gasteiger partial charge in [0.05, 0.1) is 7.11 Å². The van der Waals surface area contributed by atoms with Gasteiger partial charge in [0.1, 0.15) is 0 Å². The van der Waals surface area contributed by atoms with E-state index in [2.05, 4.69) is 4.74 Å². The van der Waals surface area contributed by atoms with Gasteiger partial charge < -0.3 is 15.2 Å². The molecule has 0 spiro atoms. The SMILES string of the molecule is COc1cc(C)cc(OC(N)=O)c1F. The number of carbonyl (C=O) groups is 1. The molecule has 0 aliphatic rings. The number of nitrogens with two attached hydrogens (primary N) is 1. The summed E-state index contributed by atoms with van der Waals surface area (Å²) >= 11 is 0. The first-order valence-corrected chi connectivity index (χ1v) is 3.86. The molecule has 4 nitrogen and oxygen atoms in total. The van der Waals surface area contributed by atoms with Crippen molar-refractivity contribution in [2.24, 2.45) is 5.73 Å². The normalized spacial score (nSPS) is 9.64. The Morgan fingerprint density at radius 3 is 2.50 bits per heavy atom. The average molecular weight is 199 g/mol. The highest BCUT2D eigenvalue weighted by molar-refractivity contribution is 5.68. The van der Waals surface area contributed by atoms with Crippen molar-refractivity contribution in [3.8, 4) is 11.5 Å². The van der Waals surface area contributed by atoms with Gasteiger partial charge in [-0.15, -0.1) is 0 Å². The van der Waals surface area contributed by atoms with Gasteiger partial charge in [-0.1, -0.05) is 0 Å². The third-order valence-corrected chi connectivity index (χ3v) is 1.58. The highest BCUT2D eigenvalue weighted by atomic mass is 19.1. The molecular weight excluding hydrogens is 189 g/mol. The molecule has 1 aromatic carbocycles. The number of primary amides is 1. The fourth-order valence-corrected chi connectivity index (χ4v) is 1.03. The Morgan fingerprint density at radius 1 is 1.43 bits per heavy atom. The van der Waals surface area contributed by atoms with Crippen LogP contribution in [0.1, 0.15) is 5.56 Å². The first-order valence-electron chi connectivity index (χ1n) is 3.86. The van der Waals surface area contributed by atoms with Crippen molar-refractivity contribution in [3.05, 3.63) is 23.5 Å². The minimum absolute atomic E-state index is 0.0150. The molecule has 5 heteroatoms. The van der Waals surface area contributed by atoms with Crippen molar-refractivity contribution >= 4 is 6.09 Å². The Hall–Kier alpha value is -1.78. The zero-order valence-electron chi connectivity index (χ0n) is 7.83. The van der Waals surface area contributed by atoms with Gasteiger partial charge in [0.2, 0.25) is 5.82 Å². The van der Waals surface area contributed by atoms with Crippen molar-refractivity contribution < 1.29 is 18.7 Å². The van der Waals surface area contributed by atoms with Crippen molar-refractivity contribution in [2.75, 3.05) is 7.11 Å². The van der Waals surface area contributed by atoms with E-state index in [-0.39, 0.29) is 11.5 Å². The number of carbonyl (C=O) groups excluding carboxylic acids is 1. The molecule has 76 valence electrons. The summed E-state index contributed by atoms with van der Waals surface area (Å²) in [5, 5.41) is 0. The third kappa shape index (κ3) is 2.12. The van der Waals surface area contributed by atoms with Crippen molar-refractivity contribution in [1.82, 2.24) is 0 Å². The predicted molar refractivity (Wildman–Crippen MR) is 47.9 cm³/mol. The summed E-state index contributed by atoms with van der Waals surface area (Å²) in [6.07, 6.45) is -1.06. The lowest BCUT2D eigenvalue weighted by molar-refractivity contribution is 0.208. The first kappa shape index (κ1) is 10.3. The summed E-state index contributed by atoms with van der Waals surface area (Å²) < 4.78 is 22.5. The lowest BCUT2D eigenvalue weighted by atomic mass is 10.2. The molecule has 0 saturated carbocycles. The van der Waals surface area contributed by atoms with Crippen LogP contribution in [0.25, 0.3) is 0 Å². The Morgan fingerprint density at radius 2 is 2.00 bits per heavy atom. The minimum Gasteiger partial charge on any atom is -0.494 e. The molecule has 0 radical (unpaired) electrons. The molecule has 0 aliphatic carbocycles. The van der Waals surface area contributed by atoms with Crippen LogP contribution in [-0.2, 0) is 0 Å². The molecule has 14 heavy (non-hydrogen) atoms. The van der Waals surface area contributed by atoms with Crippen molar-refractivity contribution in [1.29, 1.82) is 0 Å². The maximum atomic E-state index is 13.4. The van der Waals surface area contributed by atoms with Crippen LogP contribution < -0.4 is 15.2 Å². The van der Waals surface area contributed by atoms with Crippen LogP contribution in [-0.4, -0.2) is 13.2 Å². The molecule has 0 fully saturated rings. The first-order chi connectivity index (χ1) is 6.54. The fraction of sp³-hybridized carbons (Fsp3) is 0.222. The molecule has 0 atom stereocenters. The lowest BCUT2D eigenvalue weighted by Crippen LogP contribution is -2.17.